The molecule has 1 fully saturated rings. The zero-order valence-electron chi connectivity index (χ0n) is 16.5. The van der Waals surface area contributed by atoms with Crippen molar-refractivity contribution < 1.29 is 4.79 Å². The van der Waals surface area contributed by atoms with Crippen LogP contribution in [0.1, 0.15) is 12.0 Å². The number of carbonyl (C=O) groups excluding carboxylic acids is 1. The highest BCUT2D eigenvalue weighted by atomic mass is 35.5. The summed E-state index contributed by atoms with van der Waals surface area (Å²) >= 11 is 6.11. The lowest BCUT2D eigenvalue weighted by atomic mass is 10.0. The van der Waals surface area contributed by atoms with Crippen LogP contribution < -0.4 is 10.2 Å². The third-order valence-corrected chi connectivity index (χ3v) is 6.04. The van der Waals surface area contributed by atoms with Gasteiger partial charge < -0.3 is 10.2 Å². The van der Waals surface area contributed by atoms with Crippen LogP contribution in [-0.2, 0) is 11.2 Å². The summed E-state index contributed by atoms with van der Waals surface area (Å²) in [6, 6.07) is 22.3. The number of benzene rings is 3. The molecule has 4 nitrogen and oxygen atoms in total. The van der Waals surface area contributed by atoms with Crippen molar-refractivity contribution in [3.63, 3.8) is 0 Å². The van der Waals surface area contributed by atoms with E-state index in [1.54, 1.807) is 0 Å². The molecule has 1 atom stereocenters. The van der Waals surface area contributed by atoms with Crippen molar-refractivity contribution in [2.75, 3.05) is 18.0 Å². The Bertz CT molecular complexity index is 1230. The summed E-state index contributed by atoms with van der Waals surface area (Å²) in [4.78, 5) is 19.5. The van der Waals surface area contributed by atoms with Gasteiger partial charge in [-0.3, -0.25) is 9.78 Å². The molecular formula is C25H22ClN3O. The molecule has 150 valence electrons. The van der Waals surface area contributed by atoms with Gasteiger partial charge in [0.05, 0.1) is 11.9 Å². The quantitative estimate of drug-likeness (QED) is 0.511. The highest BCUT2D eigenvalue weighted by molar-refractivity contribution is 6.31. The summed E-state index contributed by atoms with van der Waals surface area (Å²) in [5, 5.41) is 7.32. The number of hydrogen-bond donors (Lipinski definition) is 1. The van der Waals surface area contributed by atoms with Crippen LogP contribution in [-0.4, -0.2) is 30.0 Å². The SMILES string of the molecule is O=C(Cc1cccc2ccccc12)NC1CCN(c2ccnc3cc(Cl)ccc23)C1. The van der Waals surface area contributed by atoms with Crippen molar-refractivity contribution in [3.05, 3.63) is 83.5 Å². The first-order valence-corrected chi connectivity index (χ1v) is 10.6. The van der Waals surface area contributed by atoms with Gasteiger partial charge in [-0.1, -0.05) is 54.1 Å². The second-order valence-corrected chi connectivity index (χ2v) is 8.24. The average Bonchev–Trinajstić information content (AvgIpc) is 3.21. The van der Waals surface area contributed by atoms with Crippen molar-refractivity contribution in [2.45, 2.75) is 18.9 Å². The van der Waals surface area contributed by atoms with Crippen LogP contribution in [0.5, 0.6) is 0 Å². The lowest BCUT2D eigenvalue weighted by molar-refractivity contribution is -0.121. The van der Waals surface area contributed by atoms with Gasteiger partial charge in [0.15, 0.2) is 0 Å². The molecule has 0 aliphatic carbocycles. The van der Waals surface area contributed by atoms with Crippen molar-refractivity contribution >= 4 is 44.9 Å². The van der Waals surface area contributed by atoms with Gasteiger partial charge in [0, 0.05) is 41.4 Å². The van der Waals surface area contributed by atoms with Crippen LogP contribution in [0.15, 0.2) is 72.9 Å². The number of halogens is 1. The van der Waals surface area contributed by atoms with Gasteiger partial charge in [0.25, 0.3) is 0 Å². The van der Waals surface area contributed by atoms with Gasteiger partial charge >= 0.3 is 0 Å². The normalized spacial score (nSPS) is 16.3. The Morgan fingerprint density at radius 1 is 1.07 bits per heavy atom. The molecule has 0 saturated carbocycles. The zero-order chi connectivity index (χ0) is 20.5. The Morgan fingerprint density at radius 3 is 2.87 bits per heavy atom. The number of carbonyl (C=O) groups is 1. The summed E-state index contributed by atoms with van der Waals surface area (Å²) in [6.45, 7) is 1.70. The van der Waals surface area contributed by atoms with E-state index >= 15 is 0 Å². The molecule has 1 aliphatic rings. The van der Waals surface area contributed by atoms with E-state index in [1.807, 2.05) is 54.7 Å². The number of nitrogens with one attached hydrogen (secondary N) is 1. The third-order valence-electron chi connectivity index (χ3n) is 5.81. The second kappa shape index (κ2) is 7.96. The molecular weight excluding hydrogens is 394 g/mol. The maximum absolute atomic E-state index is 12.8. The van der Waals surface area contributed by atoms with E-state index in [0.717, 1.165) is 47.1 Å². The minimum atomic E-state index is 0.0737. The smallest absolute Gasteiger partial charge is 0.224 e. The van der Waals surface area contributed by atoms with Gasteiger partial charge in [-0.25, -0.2) is 0 Å². The zero-order valence-corrected chi connectivity index (χ0v) is 17.3. The summed E-state index contributed by atoms with van der Waals surface area (Å²) in [6.07, 6.45) is 3.15. The average molecular weight is 416 g/mol. The number of fused-ring (bicyclic) bond motifs is 2. The van der Waals surface area contributed by atoms with Crippen LogP contribution in [0.3, 0.4) is 0 Å². The monoisotopic (exact) mass is 415 g/mol. The third kappa shape index (κ3) is 3.71. The van der Waals surface area contributed by atoms with E-state index in [9.17, 15) is 4.79 Å². The summed E-state index contributed by atoms with van der Waals surface area (Å²) < 4.78 is 0. The Labute approximate surface area is 180 Å². The number of anilines is 1. The fourth-order valence-electron chi connectivity index (χ4n) is 4.38. The van der Waals surface area contributed by atoms with Crippen molar-refractivity contribution in [1.29, 1.82) is 0 Å². The van der Waals surface area contributed by atoms with E-state index in [4.69, 9.17) is 11.6 Å². The van der Waals surface area contributed by atoms with Crippen LogP contribution in [0.2, 0.25) is 5.02 Å². The van der Waals surface area contributed by atoms with E-state index in [1.165, 1.54) is 5.39 Å². The molecule has 30 heavy (non-hydrogen) atoms. The van der Waals surface area contributed by atoms with E-state index < -0.39 is 0 Å². The van der Waals surface area contributed by atoms with Gasteiger partial charge in [-0.2, -0.15) is 0 Å². The topological polar surface area (TPSA) is 45.2 Å². The first kappa shape index (κ1) is 18.9. The Hall–Kier alpha value is -3.11. The molecule has 1 aliphatic heterocycles. The molecule has 1 unspecified atom stereocenters. The molecule has 0 radical (unpaired) electrons. The molecule has 0 bridgehead atoms. The van der Waals surface area contributed by atoms with Crippen molar-refractivity contribution in [1.82, 2.24) is 10.3 Å². The number of rotatable bonds is 4. The standard InChI is InChI=1S/C25H22ClN3O/c26-19-8-9-22-23(15-19)27-12-10-24(22)29-13-11-20(16-29)28-25(30)14-18-6-3-5-17-4-1-2-7-21(17)18/h1-10,12,15,20H,11,13-14,16H2,(H,28,30). The largest absolute Gasteiger partial charge is 0.369 e. The van der Waals surface area contributed by atoms with Gasteiger partial charge in [0.1, 0.15) is 0 Å². The van der Waals surface area contributed by atoms with Gasteiger partial charge in [-0.05, 0) is 47.0 Å². The van der Waals surface area contributed by atoms with Crippen LogP contribution in [0.4, 0.5) is 5.69 Å². The van der Waals surface area contributed by atoms with Gasteiger partial charge in [0.2, 0.25) is 5.91 Å². The molecule has 1 saturated heterocycles. The number of nitrogens with zero attached hydrogens (tertiary/aromatic N) is 2. The van der Waals surface area contributed by atoms with E-state index in [0.29, 0.717) is 11.4 Å². The highest BCUT2D eigenvalue weighted by Crippen LogP contribution is 2.30. The molecule has 5 rings (SSSR count). The Kier molecular flexibility index (Phi) is 5.01. The highest BCUT2D eigenvalue weighted by Gasteiger charge is 2.25. The molecule has 0 spiro atoms. The fourth-order valence-corrected chi connectivity index (χ4v) is 4.54. The molecule has 4 aromatic rings. The number of amides is 1. The fraction of sp³-hybridized carbons (Fsp3) is 0.200. The van der Waals surface area contributed by atoms with Crippen molar-refractivity contribution in [3.8, 4) is 0 Å². The summed E-state index contributed by atoms with van der Waals surface area (Å²) in [7, 11) is 0. The van der Waals surface area contributed by atoms with Crippen LogP contribution in [0, 0.1) is 0 Å². The van der Waals surface area contributed by atoms with Gasteiger partial charge in [-0.15, -0.1) is 0 Å². The van der Waals surface area contributed by atoms with Crippen LogP contribution >= 0.6 is 11.6 Å². The molecule has 1 N–H and O–H groups in total. The van der Waals surface area contributed by atoms with Crippen LogP contribution in [0.25, 0.3) is 21.7 Å². The van der Waals surface area contributed by atoms with E-state index in [-0.39, 0.29) is 11.9 Å². The minimum Gasteiger partial charge on any atom is -0.369 e. The predicted octanol–water partition coefficient (Wildman–Crippen LogP) is 4.98. The Balaban J connectivity index is 1.28. The van der Waals surface area contributed by atoms with E-state index in [2.05, 4.69) is 33.4 Å². The molecule has 1 aromatic heterocycles. The molecule has 3 aromatic carbocycles. The summed E-state index contributed by atoms with van der Waals surface area (Å²) in [5.74, 6) is 0.0737. The maximum Gasteiger partial charge on any atom is 0.224 e. The molecule has 2 heterocycles. The predicted molar refractivity (Wildman–Crippen MR) is 123 cm³/mol. The lowest BCUT2D eigenvalue weighted by Crippen LogP contribution is -2.38. The first-order valence-electron chi connectivity index (χ1n) is 10.2. The summed E-state index contributed by atoms with van der Waals surface area (Å²) in [5.41, 5.74) is 3.10. The lowest BCUT2D eigenvalue weighted by Gasteiger charge is -2.21. The van der Waals surface area contributed by atoms with Crippen molar-refractivity contribution in [2.24, 2.45) is 0 Å². The molecule has 5 heteroatoms. The minimum absolute atomic E-state index is 0.0737. The first-order chi connectivity index (χ1) is 14.7. The number of pyridine rings is 1. The maximum atomic E-state index is 12.8. The Morgan fingerprint density at radius 2 is 1.93 bits per heavy atom. The number of aromatic nitrogens is 1. The number of hydrogen-bond acceptors (Lipinski definition) is 3. The molecule has 1 amide bonds. The second-order valence-electron chi connectivity index (χ2n) is 7.81.